The van der Waals surface area contributed by atoms with Crippen LogP contribution in [0.4, 0.5) is 71.8 Å². The summed E-state index contributed by atoms with van der Waals surface area (Å²) in [5.41, 5.74) is 0. The van der Waals surface area contributed by atoms with Crippen molar-refractivity contribution in [2.45, 2.75) is 41.7 Å². The number of alkyl halides is 15. The molecule has 0 aliphatic carbocycles. The number of H-pyrrole nitrogens is 2. The normalized spacial score (nSPS) is 15.1. The highest BCUT2D eigenvalue weighted by Gasteiger charge is 2.93. The van der Waals surface area contributed by atoms with Gasteiger partial charge >= 0.3 is 41.7 Å². The van der Waals surface area contributed by atoms with E-state index in [0.717, 1.165) is 5.32 Å². The van der Waals surface area contributed by atoms with E-state index in [0.29, 0.717) is 0 Å². The van der Waals surface area contributed by atoms with Gasteiger partial charge in [-0.15, -0.1) is 0 Å². The van der Waals surface area contributed by atoms with Gasteiger partial charge in [0.25, 0.3) is 0 Å². The van der Waals surface area contributed by atoms with Crippen molar-refractivity contribution in [2.75, 3.05) is 11.9 Å². The first-order valence-electron chi connectivity index (χ1n) is 7.15. The summed E-state index contributed by atoms with van der Waals surface area (Å²) in [5.74, 6) is -47.9. The van der Waals surface area contributed by atoms with Gasteiger partial charge in [0.1, 0.15) is 0 Å². The predicted molar refractivity (Wildman–Crippen MR) is 78.8 cm³/mol. The molecule has 0 amide bonds. The van der Waals surface area contributed by atoms with E-state index in [1.165, 1.54) is 0 Å². The van der Waals surface area contributed by atoms with Crippen molar-refractivity contribution in [1.29, 1.82) is 0 Å². The van der Waals surface area contributed by atoms with Gasteiger partial charge < -0.3 is 15.3 Å². The summed E-state index contributed by atoms with van der Waals surface area (Å²) in [6, 6.07) is 0. The van der Waals surface area contributed by atoms with E-state index < -0.39 is 63.7 Å². The van der Waals surface area contributed by atoms with Crippen molar-refractivity contribution in [2.24, 2.45) is 0 Å². The molecule has 0 fully saturated rings. The van der Waals surface area contributed by atoms with Gasteiger partial charge in [-0.3, -0.25) is 0 Å². The monoisotopic (exact) mass is 542 g/mol. The molecule has 32 heavy (non-hydrogen) atoms. The van der Waals surface area contributed by atoms with Crippen molar-refractivity contribution >= 4 is 30.4 Å². The Labute approximate surface area is 175 Å². The molecule has 0 atom stereocenters. The van der Waals surface area contributed by atoms with E-state index in [9.17, 15) is 65.9 Å². The van der Waals surface area contributed by atoms with Crippen LogP contribution in [0.1, 0.15) is 0 Å². The van der Waals surface area contributed by atoms with Crippen LogP contribution in [-0.2, 0) is 0 Å². The minimum absolute atomic E-state index is 0.506. The minimum atomic E-state index is -8.33. The summed E-state index contributed by atoms with van der Waals surface area (Å²) in [5, 5.41) is 1.15. The third-order valence-corrected chi connectivity index (χ3v) is 3.93. The Morgan fingerprint density at radius 1 is 0.625 bits per heavy atom. The maximum Gasteiger partial charge on any atom is 0.460 e. The molecule has 0 aliphatic heterocycles. The molecule has 0 radical (unpaired) electrons. The second kappa shape index (κ2) is 7.90. The highest BCUT2D eigenvalue weighted by atomic mass is 32.1. The van der Waals surface area contributed by atoms with Crippen molar-refractivity contribution in [3.05, 3.63) is 9.54 Å². The molecule has 4 nitrogen and oxygen atoms in total. The lowest BCUT2D eigenvalue weighted by Gasteiger charge is -2.41. The van der Waals surface area contributed by atoms with Gasteiger partial charge in [0, 0.05) is 0 Å². The fourth-order valence-corrected chi connectivity index (χ4v) is 2.23. The van der Waals surface area contributed by atoms with Crippen molar-refractivity contribution in [1.82, 2.24) is 15.0 Å². The van der Waals surface area contributed by atoms with E-state index in [4.69, 9.17) is 0 Å². The highest BCUT2D eigenvalue weighted by molar-refractivity contribution is 7.71. The van der Waals surface area contributed by atoms with Crippen LogP contribution in [0.15, 0.2) is 0 Å². The molecule has 186 valence electrons. The first kappa shape index (κ1) is 28.2. The zero-order valence-electron chi connectivity index (χ0n) is 14.1. The van der Waals surface area contributed by atoms with E-state index >= 15 is 0 Å². The SMILES string of the molecule is FC(F)(F)C(F)(F)C(F)(F)C(F)(F)C(F)(F)C(F)(F)C(F)(F)CNc1nc(=S)[nH]c(=S)[nH]1. The Balaban J connectivity index is 3.41. The van der Waals surface area contributed by atoms with E-state index in [-0.39, 0.29) is 0 Å². The second-order valence-electron chi connectivity index (χ2n) is 5.77. The number of halogens is 15. The number of hydrogen-bond donors (Lipinski definition) is 3. The van der Waals surface area contributed by atoms with E-state index in [2.05, 4.69) is 29.4 Å². The molecule has 21 heteroatoms. The zero-order valence-corrected chi connectivity index (χ0v) is 15.8. The molecule has 3 N–H and O–H groups in total. The Bertz CT molecular complexity index is 919. The van der Waals surface area contributed by atoms with Gasteiger partial charge in [-0.05, 0) is 24.4 Å². The molecule has 0 aliphatic rings. The maximum absolute atomic E-state index is 13.7. The van der Waals surface area contributed by atoms with E-state index in [1.807, 2.05) is 9.97 Å². The summed E-state index contributed by atoms with van der Waals surface area (Å²) >= 11 is 8.81. The number of aromatic nitrogens is 3. The second-order valence-corrected chi connectivity index (χ2v) is 6.57. The standard InChI is InChI=1S/C11H5F15N4S2/c12-5(13,1-27-2-28-3(31)30-4(32)29-2)6(14,15)7(16,17)8(18,19)9(20,21)10(22,23)11(24,25)26/h1H2,(H3,27,28,29,30,31,32). The average Bonchev–Trinajstić information content (AvgIpc) is 2.57. The molecule has 0 saturated heterocycles. The lowest BCUT2D eigenvalue weighted by molar-refractivity contribution is -0.451. The summed E-state index contributed by atoms with van der Waals surface area (Å²) in [6.07, 6.45) is -7.65. The predicted octanol–water partition coefficient (Wildman–Crippen LogP) is 5.98. The fourth-order valence-electron chi connectivity index (χ4n) is 1.78. The molecule has 0 spiro atoms. The van der Waals surface area contributed by atoms with Crippen LogP contribution in [0.5, 0.6) is 0 Å². The third kappa shape index (κ3) is 4.23. The summed E-state index contributed by atoms with van der Waals surface area (Å²) in [6.45, 7) is -2.80. The van der Waals surface area contributed by atoms with Crippen molar-refractivity contribution < 1.29 is 65.9 Å². The third-order valence-electron chi connectivity index (χ3n) is 3.54. The lowest BCUT2D eigenvalue weighted by Crippen LogP contribution is -2.73. The molecular weight excluding hydrogens is 537 g/mol. The van der Waals surface area contributed by atoms with Crippen LogP contribution < -0.4 is 5.32 Å². The number of nitrogens with one attached hydrogen (secondary N) is 3. The number of anilines is 1. The topological polar surface area (TPSA) is 56.5 Å². The van der Waals surface area contributed by atoms with E-state index in [1.54, 1.807) is 0 Å². The number of nitrogens with zero attached hydrogens (tertiary/aromatic N) is 1. The summed E-state index contributed by atoms with van der Waals surface area (Å²) in [4.78, 5) is 6.96. The van der Waals surface area contributed by atoms with Gasteiger partial charge in [-0.1, -0.05) is 0 Å². The molecule has 0 unspecified atom stereocenters. The van der Waals surface area contributed by atoms with Gasteiger partial charge in [0.15, 0.2) is 4.77 Å². The minimum Gasteiger partial charge on any atom is -0.349 e. The van der Waals surface area contributed by atoms with Crippen molar-refractivity contribution in [3.8, 4) is 0 Å². The Hall–Kier alpha value is -1.80. The first-order chi connectivity index (χ1) is 13.9. The fraction of sp³-hybridized carbons (Fsp3) is 0.727. The van der Waals surface area contributed by atoms with Crippen LogP contribution in [0, 0.1) is 9.54 Å². The van der Waals surface area contributed by atoms with Crippen LogP contribution in [0.2, 0.25) is 0 Å². The molecule has 1 rings (SSSR count). The number of hydrogen-bond acceptors (Lipinski definition) is 4. The van der Waals surface area contributed by atoms with Crippen LogP contribution in [0.25, 0.3) is 0 Å². The summed E-state index contributed by atoms with van der Waals surface area (Å²) < 4.78 is 195. The quantitative estimate of drug-likeness (QED) is 0.280. The first-order valence-corrected chi connectivity index (χ1v) is 7.96. The zero-order chi connectivity index (χ0) is 25.8. The highest BCUT2D eigenvalue weighted by Crippen LogP contribution is 2.62. The van der Waals surface area contributed by atoms with Gasteiger partial charge in [-0.25, -0.2) is 0 Å². The average molecular weight is 542 g/mol. The maximum atomic E-state index is 13.7. The number of aromatic amines is 2. The molecular formula is C11H5F15N4S2. The molecule has 1 aromatic heterocycles. The summed E-state index contributed by atoms with van der Waals surface area (Å²) in [7, 11) is 0. The molecule has 0 bridgehead atoms. The molecule has 0 aromatic carbocycles. The molecule has 0 saturated carbocycles. The largest absolute Gasteiger partial charge is 0.460 e. The van der Waals surface area contributed by atoms with Gasteiger partial charge in [-0.2, -0.15) is 70.8 Å². The van der Waals surface area contributed by atoms with Crippen LogP contribution in [-0.4, -0.2) is 63.2 Å². The Morgan fingerprint density at radius 3 is 1.44 bits per heavy atom. The van der Waals surface area contributed by atoms with Crippen LogP contribution >= 0.6 is 24.4 Å². The smallest absolute Gasteiger partial charge is 0.349 e. The molecule has 1 heterocycles. The Kier molecular flexibility index (Phi) is 6.97. The lowest BCUT2D eigenvalue weighted by atomic mass is 9.91. The molecule has 1 aromatic rings. The van der Waals surface area contributed by atoms with Crippen molar-refractivity contribution in [3.63, 3.8) is 0 Å². The van der Waals surface area contributed by atoms with Crippen LogP contribution in [0.3, 0.4) is 0 Å². The van der Waals surface area contributed by atoms with Gasteiger partial charge in [0.05, 0.1) is 6.54 Å². The van der Waals surface area contributed by atoms with Gasteiger partial charge in [0.2, 0.25) is 10.7 Å². The Morgan fingerprint density at radius 2 is 1.03 bits per heavy atom. The number of rotatable bonds is 8.